The van der Waals surface area contributed by atoms with Crippen molar-refractivity contribution >= 4 is 35.5 Å². The van der Waals surface area contributed by atoms with Crippen LogP contribution in [0.1, 0.15) is 51.4 Å². The van der Waals surface area contributed by atoms with Crippen LogP contribution in [0.25, 0.3) is 0 Å². The minimum Gasteiger partial charge on any atom is -0.456 e. The molecule has 35 heavy (non-hydrogen) atoms. The number of carbonyl (C=O) groups excluding carboxylic acids is 3. The predicted molar refractivity (Wildman–Crippen MR) is 128 cm³/mol. The van der Waals surface area contributed by atoms with Gasteiger partial charge in [-0.3, -0.25) is 14.5 Å². The summed E-state index contributed by atoms with van der Waals surface area (Å²) in [5, 5.41) is 5.91. The van der Waals surface area contributed by atoms with Gasteiger partial charge in [0.2, 0.25) is 11.9 Å². The molecule has 4 rings (SSSR count). The van der Waals surface area contributed by atoms with Crippen molar-refractivity contribution in [1.29, 1.82) is 0 Å². The molecule has 11 heteroatoms. The molecule has 0 radical (unpaired) electrons. The summed E-state index contributed by atoms with van der Waals surface area (Å²) in [7, 11) is 0. The molecule has 1 spiro atoms. The summed E-state index contributed by atoms with van der Waals surface area (Å²) < 4.78 is 5.26. The Kier molecular flexibility index (Phi) is 6.35. The molecular weight excluding hydrogens is 450 g/mol. The lowest BCUT2D eigenvalue weighted by atomic mass is 9.64. The largest absolute Gasteiger partial charge is 0.456 e. The third kappa shape index (κ3) is 5.33. The number of hydrogen-bond acceptors (Lipinski definition) is 9. The lowest BCUT2D eigenvalue weighted by molar-refractivity contribution is -0.149. The summed E-state index contributed by atoms with van der Waals surface area (Å²) >= 11 is 0. The quantitative estimate of drug-likeness (QED) is 0.417. The maximum Gasteiger partial charge on any atom is 0.326 e. The molecule has 0 bridgehead atoms. The molecule has 3 amide bonds. The molecule has 1 aromatic carbocycles. The number of hydrogen-bond donors (Lipinski definition) is 3. The smallest absolute Gasteiger partial charge is 0.326 e. The molecule has 11 nitrogen and oxygen atoms in total. The van der Waals surface area contributed by atoms with Crippen LogP contribution in [0.15, 0.2) is 24.3 Å². The first-order valence-electron chi connectivity index (χ1n) is 11.6. The van der Waals surface area contributed by atoms with E-state index in [0.717, 1.165) is 22.6 Å². The zero-order chi connectivity index (χ0) is 25.4. The number of nitrogens with one attached hydrogen (secondary N) is 2. The second-order valence-corrected chi connectivity index (χ2v) is 10.3. The standard InChI is InChI=1S/C24H31N7O4/c1-14-9-23(3,4)13-24(10-14)19(33)31(22(34)30-24)11-18(32)35-12-17-27-20(25)29-21(28-17)26-16-8-6-5-7-15(16)2/h5-8,14H,9-13H2,1-4H3,(H,30,34)(H3,25,26,27,28,29)/t14-,24-/m1/s1. The molecule has 2 aromatic rings. The Labute approximate surface area is 203 Å². The first kappa shape index (κ1) is 24.4. The van der Waals surface area contributed by atoms with Gasteiger partial charge in [-0.25, -0.2) is 4.79 Å². The summed E-state index contributed by atoms with van der Waals surface area (Å²) in [5.41, 5.74) is 6.50. The van der Waals surface area contributed by atoms with Crippen molar-refractivity contribution in [3.63, 3.8) is 0 Å². The van der Waals surface area contributed by atoms with Crippen LogP contribution in [0.5, 0.6) is 0 Å². The second kappa shape index (κ2) is 9.12. The van der Waals surface area contributed by atoms with Crippen LogP contribution in [0.3, 0.4) is 0 Å². The fourth-order valence-corrected chi connectivity index (χ4v) is 5.36. The van der Waals surface area contributed by atoms with Gasteiger partial charge in [0.05, 0.1) is 0 Å². The lowest BCUT2D eigenvalue weighted by Crippen LogP contribution is -2.54. The van der Waals surface area contributed by atoms with Crippen molar-refractivity contribution in [2.45, 2.75) is 59.1 Å². The van der Waals surface area contributed by atoms with Crippen LogP contribution in [0.4, 0.5) is 22.4 Å². The van der Waals surface area contributed by atoms with Gasteiger partial charge < -0.3 is 21.1 Å². The number of esters is 1. The summed E-state index contributed by atoms with van der Waals surface area (Å²) in [6.45, 7) is 7.40. The topological polar surface area (TPSA) is 152 Å². The number of ether oxygens (including phenoxy) is 1. The number of amides is 3. The van der Waals surface area contributed by atoms with E-state index >= 15 is 0 Å². The van der Waals surface area contributed by atoms with Crippen molar-refractivity contribution in [3.05, 3.63) is 35.7 Å². The normalized spacial score (nSPS) is 23.3. The number of para-hydroxylation sites is 1. The Bertz CT molecular complexity index is 1170. The molecule has 2 fully saturated rings. The Morgan fingerprint density at radius 1 is 1.23 bits per heavy atom. The number of nitrogens with zero attached hydrogens (tertiary/aromatic N) is 4. The minimum atomic E-state index is -0.975. The van der Waals surface area contributed by atoms with Gasteiger partial charge in [-0.15, -0.1) is 0 Å². The molecule has 1 aromatic heterocycles. The molecule has 1 aliphatic carbocycles. The van der Waals surface area contributed by atoms with Gasteiger partial charge in [0.1, 0.15) is 12.1 Å². The average Bonchev–Trinajstić information content (AvgIpc) is 2.95. The number of rotatable bonds is 6. The molecule has 1 saturated heterocycles. The molecule has 2 aliphatic rings. The average molecular weight is 482 g/mol. The van der Waals surface area contributed by atoms with Crippen LogP contribution in [0, 0.1) is 18.3 Å². The predicted octanol–water partition coefficient (Wildman–Crippen LogP) is 2.69. The number of aryl methyl sites for hydroxylation is 1. The first-order chi connectivity index (χ1) is 16.5. The number of anilines is 3. The Morgan fingerprint density at radius 3 is 2.69 bits per heavy atom. The van der Waals surface area contributed by atoms with Crippen molar-refractivity contribution in [2.75, 3.05) is 17.6 Å². The van der Waals surface area contributed by atoms with Crippen molar-refractivity contribution in [2.24, 2.45) is 11.3 Å². The molecule has 2 atom stereocenters. The molecule has 186 valence electrons. The fraction of sp³-hybridized carbons (Fsp3) is 0.500. The number of imide groups is 1. The van der Waals surface area contributed by atoms with E-state index in [4.69, 9.17) is 10.5 Å². The van der Waals surface area contributed by atoms with E-state index in [1.807, 2.05) is 31.2 Å². The Hall–Kier alpha value is -3.76. The summed E-state index contributed by atoms with van der Waals surface area (Å²) in [5.74, 6) is -0.547. The van der Waals surface area contributed by atoms with Gasteiger partial charge in [0, 0.05) is 5.69 Å². The lowest BCUT2D eigenvalue weighted by Gasteiger charge is -2.43. The van der Waals surface area contributed by atoms with Crippen LogP contribution in [-0.2, 0) is 20.9 Å². The highest BCUT2D eigenvalue weighted by molar-refractivity contribution is 6.08. The van der Waals surface area contributed by atoms with Crippen molar-refractivity contribution in [3.8, 4) is 0 Å². The highest BCUT2D eigenvalue weighted by atomic mass is 16.5. The van der Waals surface area contributed by atoms with E-state index < -0.39 is 24.1 Å². The summed E-state index contributed by atoms with van der Waals surface area (Å²) in [6.07, 6.45) is 2.05. The maximum absolute atomic E-state index is 13.2. The number of nitrogen functional groups attached to an aromatic ring is 1. The monoisotopic (exact) mass is 481 g/mol. The maximum atomic E-state index is 13.2. The number of carbonyl (C=O) groups is 3. The van der Waals surface area contributed by atoms with Crippen LogP contribution < -0.4 is 16.4 Å². The van der Waals surface area contributed by atoms with Crippen LogP contribution in [0.2, 0.25) is 0 Å². The molecule has 4 N–H and O–H groups in total. The van der Waals surface area contributed by atoms with Gasteiger partial charge in [-0.1, -0.05) is 39.0 Å². The molecule has 1 saturated carbocycles. The highest BCUT2D eigenvalue weighted by Gasteiger charge is 2.56. The molecule has 1 aliphatic heterocycles. The van der Waals surface area contributed by atoms with E-state index in [1.54, 1.807) is 0 Å². The fourth-order valence-electron chi connectivity index (χ4n) is 5.36. The van der Waals surface area contributed by atoms with E-state index in [-0.39, 0.29) is 41.6 Å². The second-order valence-electron chi connectivity index (χ2n) is 10.3. The van der Waals surface area contributed by atoms with E-state index in [0.29, 0.717) is 12.8 Å². The summed E-state index contributed by atoms with van der Waals surface area (Å²) in [4.78, 5) is 51.6. The number of benzene rings is 1. The SMILES string of the molecule is Cc1ccccc1Nc1nc(N)nc(COC(=O)CN2C(=O)N[C@@]3(C[C@H](C)CC(C)(C)C3)C2=O)n1. The molecular formula is C24H31N7O4. The highest BCUT2D eigenvalue weighted by Crippen LogP contribution is 2.46. The van der Waals surface area contributed by atoms with E-state index in [1.165, 1.54) is 0 Å². The zero-order valence-corrected chi connectivity index (χ0v) is 20.4. The minimum absolute atomic E-state index is 0.0350. The van der Waals surface area contributed by atoms with Crippen LogP contribution >= 0.6 is 0 Å². The van der Waals surface area contributed by atoms with Crippen LogP contribution in [-0.4, -0.2) is 49.8 Å². The number of aromatic nitrogens is 3. The van der Waals surface area contributed by atoms with E-state index in [2.05, 4.69) is 46.4 Å². The third-order valence-electron chi connectivity index (χ3n) is 6.36. The number of nitrogens with two attached hydrogens (primary N) is 1. The molecule has 2 heterocycles. The number of urea groups is 1. The zero-order valence-electron chi connectivity index (χ0n) is 20.4. The Morgan fingerprint density at radius 2 is 1.97 bits per heavy atom. The van der Waals surface area contributed by atoms with Gasteiger partial charge in [0.15, 0.2) is 12.4 Å². The van der Waals surface area contributed by atoms with Gasteiger partial charge >= 0.3 is 12.0 Å². The van der Waals surface area contributed by atoms with Gasteiger partial charge in [-0.05, 0) is 49.1 Å². The summed E-state index contributed by atoms with van der Waals surface area (Å²) in [6, 6.07) is 7.01. The third-order valence-corrected chi connectivity index (χ3v) is 6.36. The van der Waals surface area contributed by atoms with Crippen molar-refractivity contribution < 1.29 is 19.1 Å². The Balaban J connectivity index is 1.39. The molecule has 0 unspecified atom stereocenters. The van der Waals surface area contributed by atoms with E-state index in [9.17, 15) is 14.4 Å². The van der Waals surface area contributed by atoms with Gasteiger partial charge in [-0.2, -0.15) is 15.0 Å². The van der Waals surface area contributed by atoms with Gasteiger partial charge in [0.25, 0.3) is 5.91 Å². The van der Waals surface area contributed by atoms with Crippen molar-refractivity contribution in [1.82, 2.24) is 25.2 Å². The first-order valence-corrected chi connectivity index (χ1v) is 11.6.